The van der Waals surface area contributed by atoms with Crippen LogP contribution in [0.4, 0.5) is 5.69 Å². The molecule has 3 aromatic carbocycles. The number of sulfone groups is 1. The standard InChI is InChI=1S/C25H22N2O5S/c1-17-7-6-8-18(13-17)26-24(28)16-27-15-23(33(30,31)20-9-4-3-5-10-20)25(29)21-14-19(32-2)11-12-22(21)27/h3-15H,16H2,1-2H3,(H,26,28). The third kappa shape index (κ3) is 4.51. The molecule has 7 nitrogen and oxygen atoms in total. The van der Waals surface area contributed by atoms with Crippen molar-refractivity contribution >= 4 is 32.3 Å². The summed E-state index contributed by atoms with van der Waals surface area (Å²) in [5.74, 6) is 0.0500. The third-order valence-electron chi connectivity index (χ3n) is 5.21. The Bertz CT molecular complexity index is 1510. The van der Waals surface area contributed by atoms with Crippen LogP contribution in [0, 0.1) is 6.92 Å². The van der Waals surface area contributed by atoms with Gasteiger partial charge in [-0.25, -0.2) is 8.42 Å². The number of methoxy groups -OCH3 is 1. The number of aryl methyl sites for hydroxylation is 1. The largest absolute Gasteiger partial charge is 0.497 e. The van der Waals surface area contributed by atoms with Gasteiger partial charge in [0.05, 0.1) is 22.9 Å². The SMILES string of the molecule is COc1ccc2c(c1)c(=O)c(S(=O)(=O)c1ccccc1)cn2CC(=O)Nc1cccc(C)c1. The molecule has 0 saturated carbocycles. The minimum atomic E-state index is -4.11. The number of rotatable bonds is 6. The van der Waals surface area contributed by atoms with Gasteiger partial charge in [-0.2, -0.15) is 0 Å². The van der Waals surface area contributed by atoms with E-state index in [4.69, 9.17) is 4.74 Å². The number of carbonyl (C=O) groups is 1. The minimum Gasteiger partial charge on any atom is -0.497 e. The van der Waals surface area contributed by atoms with Crippen LogP contribution in [-0.4, -0.2) is 26.0 Å². The molecule has 0 spiro atoms. The summed E-state index contributed by atoms with van der Waals surface area (Å²) in [4.78, 5) is 25.6. The van der Waals surface area contributed by atoms with Crippen molar-refractivity contribution < 1.29 is 17.9 Å². The molecule has 0 radical (unpaired) electrons. The summed E-state index contributed by atoms with van der Waals surface area (Å²) in [6.07, 6.45) is 1.23. The maximum atomic E-state index is 13.3. The molecule has 1 N–H and O–H groups in total. The molecule has 0 aliphatic carbocycles. The fourth-order valence-electron chi connectivity index (χ4n) is 3.60. The fraction of sp³-hybridized carbons (Fsp3) is 0.120. The molecule has 0 unspecified atom stereocenters. The number of anilines is 1. The smallest absolute Gasteiger partial charge is 0.244 e. The van der Waals surface area contributed by atoms with Gasteiger partial charge in [0.15, 0.2) is 0 Å². The molecule has 1 aromatic heterocycles. The summed E-state index contributed by atoms with van der Waals surface area (Å²) in [7, 11) is -2.65. The Morgan fingerprint density at radius 1 is 1.00 bits per heavy atom. The molecule has 0 saturated heterocycles. The maximum absolute atomic E-state index is 13.3. The lowest BCUT2D eigenvalue weighted by Gasteiger charge is -2.15. The van der Waals surface area contributed by atoms with Crippen molar-refractivity contribution in [1.82, 2.24) is 4.57 Å². The maximum Gasteiger partial charge on any atom is 0.244 e. The van der Waals surface area contributed by atoms with Crippen molar-refractivity contribution in [3.63, 3.8) is 0 Å². The Hall–Kier alpha value is -3.91. The Morgan fingerprint density at radius 2 is 1.76 bits per heavy atom. The number of hydrogen-bond acceptors (Lipinski definition) is 5. The Morgan fingerprint density at radius 3 is 2.45 bits per heavy atom. The van der Waals surface area contributed by atoms with Crippen molar-refractivity contribution in [2.24, 2.45) is 0 Å². The van der Waals surface area contributed by atoms with E-state index in [1.807, 2.05) is 25.1 Å². The minimum absolute atomic E-state index is 0.000100. The van der Waals surface area contributed by atoms with Crippen LogP contribution in [0.1, 0.15) is 5.56 Å². The molecular formula is C25H22N2O5S. The number of carbonyl (C=O) groups excluding carboxylic acids is 1. The summed E-state index contributed by atoms with van der Waals surface area (Å²) < 4.78 is 33.2. The number of benzene rings is 3. The van der Waals surface area contributed by atoms with Crippen LogP contribution in [-0.2, 0) is 21.2 Å². The summed E-state index contributed by atoms with van der Waals surface area (Å²) >= 11 is 0. The van der Waals surface area contributed by atoms with E-state index < -0.39 is 20.2 Å². The number of nitrogens with one attached hydrogen (secondary N) is 1. The zero-order chi connectivity index (χ0) is 23.6. The molecule has 8 heteroatoms. The van der Waals surface area contributed by atoms with Gasteiger partial charge in [0.1, 0.15) is 17.2 Å². The van der Waals surface area contributed by atoms with E-state index in [2.05, 4.69) is 5.32 Å². The van der Waals surface area contributed by atoms with Crippen LogP contribution in [0.25, 0.3) is 10.9 Å². The van der Waals surface area contributed by atoms with Crippen LogP contribution in [0.15, 0.2) is 93.6 Å². The van der Waals surface area contributed by atoms with Crippen LogP contribution < -0.4 is 15.5 Å². The Kier molecular flexibility index (Phi) is 6.02. The van der Waals surface area contributed by atoms with Gasteiger partial charge in [-0.3, -0.25) is 9.59 Å². The van der Waals surface area contributed by atoms with Crippen molar-refractivity contribution in [2.45, 2.75) is 23.3 Å². The molecule has 0 bridgehead atoms. The first-order valence-corrected chi connectivity index (χ1v) is 11.7. The van der Waals surface area contributed by atoms with E-state index in [0.717, 1.165) is 5.56 Å². The average molecular weight is 463 g/mol. The molecule has 1 heterocycles. The summed E-state index contributed by atoms with van der Waals surface area (Å²) in [6.45, 7) is 1.73. The molecule has 0 aliphatic rings. The van der Waals surface area contributed by atoms with Gasteiger partial charge in [-0.15, -0.1) is 0 Å². The van der Waals surface area contributed by atoms with Crippen molar-refractivity contribution in [1.29, 1.82) is 0 Å². The van der Waals surface area contributed by atoms with Gasteiger partial charge in [0, 0.05) is 11.9 Å². The van der Waals surface area contributed by atoms with Crippen molar-refractivity contribution in [2.75, 3.05) is 12.4 Å². The van der Waals surface area contributed by atoms with Crippen LogP contribution in [0.5, 0.6) is 5.75 Å². The number of nitrogens with zero attached hydrogens (tertiary/aromatic N) is 1. The van der Waals surface area contributed by atoms with Crippen LogP contribution in [0.3, 0.4) is 0 Å². The number of pyridine rings is 1. The van der Waals surface area contributed by atoms with Gasteiger partial charge in [0.25, 0.3) is 0 Å². The van der Waals surface area contributed by atoms with Gasteiger partial charge in [-0.05, 0) is 55.0 Å². The molecule has 1 amide bonds. The zero-order valence-electron chi connectivity index (χ0n) is 18.1. The second kappa shape index (κ2) is 8.91. The lowest BCUT2D eigenvalue weighted by Crippen LogP contribution is -2.24. The van der Waals surface area contributed by atoms with E-state index in [-0.39, 0.29) is 22.7 Å². The number of ether oxygens (including phenoxy) is 1. The monoisotopic (exact) mass is 462 g/mol. The van der Waals surface area contributed by atoms with Crippen molar-refractivity contribution in [3.8, 4) is 5.75 Å². The second-order valence-corrected chi connectivity index (χ2v) is 9.49. The van der Waals surface area contributed by atoms with E-state index in [9.17, 15) is 18.0 Å². The topological polar surface area (TPSA) is 94.5 Å². The molecule has 168 valence electrons. The molecule has 4 aromatic rings. The van der Waals surface area contributed by atoms with E-state index >= 15 is 0 Å². The molecule has 0 atom stereocenters. The van der Waals surface area contributed by atoms with Gasteiger partial charge < -0.3 is 14.6 Å². The van der Waals surface area contributed by atoms with E-state index in [1.54, 1.807) is 36.4 Å². The van der Waals surface area contributed by atoms with Crippen LogP contribution in [0.2, 0.25) is 0 Å². The van der Waals surface area contributed by atoms with Crippen LogP contribution >= 0.6 is 0 Å². The second-order valence-electron chi connectivity index (χ2n) is 7.57. The van der Waals surface area contributed by atoms with Gasteiger partial charge in [-0.1, -0.05) is 30.3 Å². The number of fused-ring (bicyclic) bond motifs is 1. The lowest BCUT2D eigenvalue weighted by molar-refractivity contribution is -0.116. The first kappa shape index (κ1) is 22.3. The number of hydrogen-bond donors (Lipinski definition) is 1. The number of aromatic nitrogens is 1. The zero-order valence-corrected chi connectivity index (χ0v) is 18.9. The normalized spacial score (nSPS) is 11.3. The predicted octanol–water partition coefficient (Wildman–Crippen LogP) is 3.79. The first-order valence-electron chi connectivity index (χ1n) is 10.2. The lowest BCUT2D eigenvalue weighted by atomic mass is 10.2. The average Bonchev–Trinajstić information content (AvgIpc) is 2.81. The highest BCUT2D eigenvalue weighted by Gasteiger charge is 2.24. The van der Waals surface area contributed by atoms with Gasteiger partial charge in [0.2, 0.25) is 21.2 Å². The quantitative estimate of drug-likeness (QED) is 0.471. The molecule has 33 heavy (non-hydrogen) atoms. The van der Waals surface area contributed by atoms with E-state index in [0.29, 0.717) is 17.0 Å². The highest BCUT2D eigenvalue weighted by molar-refractivity contribution is 7.91. The molecule has 0 fully saturated rings. The molecule has 0 aliphatic heterocycles. The summed E-state index contributed by atoms with van der Waals surface area (Å²) in [5.41, 5.74) is 1.39. The first-order chi connectivity index (χ1) is 15.8. The van der Waals surface area contributed by atoms with E-state index in [1.165, 1.54) is 36.1 Å². The summed E-state index contributed by atoms with van der Waals surface area (Å²) in [6, 6.07) is 19.8. The molecular weight excluding hydrogens is 440 g/mol. The van der Waals surface area contributed by atoms with Crippen molar-refractivity contribution in [3.05, 3.63) is 94.8 Å². The highest BCUT2D eigenvalue weighted by Crippen LogP contribution is 2.24. The fourth-order valence-corrected chi connectivity index (χ4v) is 4.99. The van der Waals surface area contributed by atoms with Gasteiger partial charge >= 0.3 is 0 Å². The highest BCUT2D eigenvalue weighted by atomic mass is 32.2. The third-order valence-corrected chi connectivity index (χ3v) is 6.98. The predicted molar refractivity (Wildman–Crippen MR) is 126 cm³/mol. The number of amides is 1. The summed E-state index contributed by atoms with van der Waals surface area (Å²) in [5, 5.41) is 2.96. The Labute approximate surface area is 191 Å². The molecule has 4 rings (SSSR count). The Balaban J connectivity index is 1.84.